The van der Waals surface area contributed by atoms with Crippen LogP contribution in [0.3, 0.4) is 0 Å². The minimum Gasteiger partial charge on any atom is -0.309 e. The highest BCUT2D eigenvalue weighted by Crippen LogP contribution is 2.43. The lowest BCUT2D eigenvalue weighted by Gasteiger charge is -2.13. The number of benzene rings is 9. The maximum Gasteiger partial charge on any atom is 0.235 e. The van der Waals surface area contributed by atoms with E-state index in [9.17, 15) is 0 Å². The molecular weight excluding hydrogens is 705 g/mol. The average Bonchev–Trinajstić information content (AvgIpc) is 3.82. The minimum atomic E-state index is 0.661. The molecule has 3 aromatic heterocycles. The van der Waals surface area contributed by atoms with Crippen molar-refractivity contribution in [3.8, 4) is 45.1 Å². The first-order valence-corrected chi connectivity index (χ1v) is 19.8. The molecule has 0 atom stereocenters. The molecule has 4 nitrogen and oxygen atoms in total. The lowest BCUT2D eigenvalue weighted by Crippen LogP contribution is -2.03. The van der Waals surface area contributed by atoms with Crippen LogP contribution in [0.15, 0.2) is 206 Å². The quantitative estimate of drug-likeness (QED) is 0.176. The summed E-state index contributed by atoms with van der Waals surface area (Å²) in [4.78, 5) is 10.4. The topological polar surface area (TPSA) is 35.6 Å². The predicted octanol–water partition coefficient (Wildman–Crippen LogP) is 14.0. The van der Waals surface area contributed by atoms with E-state index in [1.165, 1.54) is 49.1 Å². The summed E-state index contributed by atoms with van der Waals surface area (Å²) in [5.74, 6) is 0.661. The molecular formula is C54H34N4. The molecule has 3 heterocycles. The monoisotopic (exact) mass is 738 g/mol. The van der Waals surface area contributed by atoms with Gasteiger partial charge in [0.05, 0.1) is 33.3 Å². The number of aromatic nitrogens is 4. The fraction of sp³-hybridized carbons (Fsp3) is 0. The molecule has 4 heteroatoms. The number of hydrogen-bond acceptors (Lipinski definition) is 2. The van der Waals surface area contributed by atoms with E-state index in [1.807, 2.05) is 12.1 Å². The average molecular weight is 739 g/mol. The molecule has 0 aliphatic heterocycles. The molecule has 0 radical (unpaired) electrons. The molecule has 9 aromatic carbocycles. The Morgan fingerprint density at radius 3 is 1.71 bits per heavy atom. The zero-order chi connectivity index (χ0) is 38.2. The Morgan fingerprint density at radius 1 is 0.310 bits per heavy atom. The van der Waals surface area contributed by atoms with Gasteiger partial charge in [-0.3, -0.25) is 4.57 Å². The van der Waals surface area contributed by atoms with E-state index in [2.05, 4.69) is 203 Å². The van der Waals surface area contributed by atoms with Gasteiger partial charge in [0.1, 0.15) is 0 Å². The molecule has 58 heavy (non-hydrogen) atoms. The Kier molecular flexibility index (Phi) is 7.20. The normalized spacial score (nSPS) is 11.8. The van der Waals surface area contributed by atoms with E-state index in [4.69, 9.17) is 9.97 Å². The Bertz CT molecular complexity index is 3560. The first kappa shape index (κ1) is 32.4. The highest BCUT2D eigenvalue weighted by atomic mass is 15.2. The van der Waals surface area contributed by atoms with Gasteiger partial charge in [0.25, 0.3) is 0 Å². The zero-order valence-electron chi connectivity index (χ0n) is 31.4. The van der Waals surface area contributed by atoms with E-state index in [0.29, 0.717) is 5.95 Å². The second-order valence-electron chi connectivity index (χ2n) is 15.0. The van der Waals surface area contributed by atoms with Gasteiger partial charge in [-0.2, -0.15) is 0 Å². The van der Waals surface area contributed by atoms with Crippen LogP contribution >= 0.6 is 0 Å². The molecule has 12 rings (SSSR count). The summed E-state index contributed by atoms with van der Waals surface area (Å²) >= 11 is 0. The van der Waals surface area contributed by atoms with E-state index in [0.717, 1.165) is 55.4 Å². The highest BCUT2D eigenvalue weighted by Gasteiger charge is 2.20. The van der Waals surface area contributed by atoms with E-state index in [1.54, 1.807) is 0 Å². The van der Waals surface area contributed by atoms with Gasteiger partial charge in [0.15, 0.2) is 0 Å². The molecule has 0 amide bonds. The summed E-state index contributed by atoms with van der Waals surface area (Å²) in [7, 11) is 0. The van der Waals surface area contributed by atoms with Crippen molar-refractivity contribution in [2.45, 2.75) is 0 Å². The largest absolute Gasteiger partial charge is 0.309 e. The molecule has 270 valence electrons. The number of rotatable bonds is 5. The van der Waals surface area contributed by atoms with E-state index < -0.39 is 0 Å². The molecule has 0 N–H and O–H groups in total. The molecule has 0 fully saturated rings. The van der Waals surface area contributed by atoms with Gasteiger partial charge in [-0.05, 0) is 87.6 Å². The second-order valence-corrected chi connectivity index (χ2v) is 15.0. The van der Waals surface area contributed by atoms with Crippen molar-refractivity contribution < 1.29 is 0 Å². The van der Waals surface area contributed by atoms with Crippen molar-refractivity contribution in [1.82, 2.24) is 19.1 Å². The summed E-state index contributed by atoms with van der Waals surface area (Å²) in [5, 5.41) is 8.40. The summed E-state index contributed by atoms with van der Waals surface area (Å²) in [5.41, 5.74) is 13.3. The fourth-order valence-corrected chi connectivity index (χ4v) is 9.14. The molecule has 0 saturated heterocycles. The number of nitrogens with zero attached hydrogens (tertiary/aromatic N) is 4. The third-order valence-corrected chi connectivity index (χ3v) is 11.7. The maximum atomic E-state index is 5.28. The third kappa shape index (κ3) is 4.95. The lowest BCUT2D eigenvalue weighted by atomic mass is 9.92. The number of hydrogen-bond donors (Lipinski definition) is 0. The summed E-state index contributed by atoms with van der Waals surface area (Å²) < 4.78 is 4.63. The van der Waals surface area contributed by atoms with Crippen molar-refractivity contribution >= 4 is 65.3 Å². The molecule has 0 aliphatic rings. The lowest BCUT2D eigenvalue weighted by molar-refractivity contribution is 1.01. The standard InChI is InChI=1S/C54H34N4/c1-3-16-35(17-4-1)53-43-25-9-12-27-47(43)55-54(56-53)58-48-28-13-10-23-41(48)46-33-37(30-31-50(46)58)36-18-15-19-38(32-36)45-34-51-52(42-24-8-7-22-40(42)45)44-26-11-14-29-49(44)57(51)39-20-5-2-6-21-39/h1-34H. The Morgan fingerprint density at radius 2 is 0.897 bits per heavy atom. The van der Waals surface area contributed by atoms with Crippen LogP contribution in [0, 0.1) is 0 Å². The van der Waals surface area contributed by atoms with Gasteiger partial charge in [0, 0.05) is 38.2 Å². The zero-order valence-corrected chi connectivity index (χ0v) is 31.4. The van der Waals surface area contributed by atoms with Gasteiger partial charge in [-0.1, -0.05) is 152 Å². The van der Waals surface area contributed by atoms with Crippen LogP contribution in [0.2, 0.25) is 0 Å². The number of fused-ring (bicyclic) bond motifs is 9. The highest BCUT2D eigenvalue weighted by molar-refractivity contribution is 6.24. The summed E-state index contributed by atoms with van der Waals surface area (Å²) in [6.45, 7) is 0. The van der Waals surface area contributed by atoms with Crippen LogP contribution < -0.4 is 0 Å². The Labute approximate surface area is 334 Å². The van der Waals surface area contributed by atoms with Crippen LogP contribution in [0.1, 0.15) is 0 Å². The van der Waals surface area contributed by atoms with Crippen molar-refractivity contribution in [3.05, 3.63) is 206 Å². The Balaban J connectivity index is 1.04. The van der Waals surface area contributed by atoms with Gasteiger partial charge in [-0.15, -0.1) is 0 Å². The molecule has 12 aromatic rings. The summed E-state index contributed by atoms with van der Waals surface area (Å²) in [6.07, 6.45) is 0. The van der Waals surface area contributed by atoms with Gasteiger partial charge >= 0.3 is 0 Å². The van der Waals surface area contributed by atoms with E-state index in [-0.39, 0.29) is 0 Å². The van der Waals surface area contributed by atoms with Gasteiger partial charge < -0.3 is 4.57 Å². The van der Waals surface area contributed by atoms with Crippen LogP contribution in [0.25, 0.3) is 110 Å². The van der Waals surface area contributed by atoms with E-state index >= 15 is 0 Å². The maximum absolute atomic E-state index is 5.28. The number of para-hydroxylation sites is 4. The molecule has 0 unspecified atom stereocenters. The van der Waals surface area contributed by atoms with Crippen molar-refractivity contribution in [3.63, 3.8) is 0 Å². The second kappa shape index (κ2) is 12.9. The van der Waals surface area contributed by atoms with Crippen LogP contribution in [0.5, 0.6) is 0 Å². The molecule has 0 aliphatic carbocycles. The minimum absolute atomic E-state index is 0.661. The van der Waals surface area contributed by atoms with Crippen LogP contribution in [-0.2, 0) is 0 Å². The predicted molar refractivity (Wildman–Crippen MR) is 242 cm³/mol. The molecule has 0 spiro atoms. The van der Waals surface area contributed by atoms with Crippen molar-refractivity contribution in [2.75, 3.05) is 0 Å². The van der Waals surface area contributed by atoms with Crippen LogP contribution in [-0.4, -0.2) is 19.1 Å². The van der Waals surface area contributed by atoms with Crippen molar-refractivity contribution in [2.24, 2.45) is 0 Å². The smallest absolute Gasteiger partial charge is 0.235 e. The third-order valence-electron chi connectivity index (χ3n) is 11.7. The SMILES string of the molecule is c1ccc(-c2nc(-n3c4ccccc4c4cc(-c5cccc(-c6cc7c(c8ccccc68)c6ccccc6n7-c6ccccc6)c5)ccc43)nc3ccccc23)cc1. The van der Waals surface area contributed by atoms with Crippen molar-refractivity contribution in [1.29, 1.82) is 0 Å². The fourth-order valence-electron chi connectivity index (χ4n) is 9.14. The molecule has 0 saturated carbocycles. The van der Waals surface area contributed by atoms with Crippen LogP contribution in [0.4, 0.5) is 0 Å². The first-order chi connectivity index (χ1) is 28.8. The first-order valence-electron chi connectivity index (χ1n) is 19.8. The Hall–Kier alpha value is -7.82. The molecule has 0 bridgehead atoms. The van der Waals surface area contributed by atoms with Gasteiger partial charge in [0.2, 0.25) is 5.95 Å². The van der Waals surface area contributed by atoms with Gasteiger partial charge in [-0.25, -0.2) is 9.97 Å². The summed E-state index contributed by atoms with van der Waals surface area (Å²) in [6, 6.07) is 73.9.